The Morgan fingerprint density at radius 3 is 2.65 bits per heavy atom. The third-order valence-corrected chi connectivity index (χ3v) is 2.50. The molecule has 0 aliphatic heterocycles. The van der Waals surface area contributed by atoms with E-state index in [2.05, 4.69) is 11.6 Å². The molecule has 0 unspecified atom stereocenters. The topological polar surface area (TPSA) is 59.5 Å². The van der Waals surface area contributed by atoms with Crippen LogP contribution >= 0.6 is 0 Å². The average molecular weight is 276 g/mol. The first-order valence-corrected chi connectivity index (χ1v) is 6.46. The Labute approximate surface area is 119 Å². The van der Waals surface area contributed by atoms with Gasteiger partial charge in [0, 0.05) is 13.6 Å². The number of carbonyl (C=O) groups is 2. The molecule has 0 atom stereocenters. The van der Waals surface area contributed by atoms with Crippen LogP contribution in [0.2, 0.25) is 0 Å². The summed E-state index contributed by atoms with van der Waals surface area (Å²) >= 11 is 0. The summed E-state index contributed by atoms with van der Waals surface area (Å²) < 4.78 is 4.89. The lowest BCUT2D eigenvalue weighted by molar-refractivity contribution is 0.0542. The minimum atomic E-state index is -0.564. The normalized spacial score (nSPS) is 10.2. The Hall–Kier alpha value is -2.17. The number of carbonyl (C=O) groups excluding carboxylic acids is 2. The average Bonchev–Trinajstić information content (AvgIpc) is 2.43. The molecule has 108 valence electrons. The van der Waals surface area contributed by atoms with E-state index in [9.17, 15) is 9.59 Å². The van der Waals surface area contributed by atoms with Gasteiger partial charge < -0.3 is 9.64 Å². The minimum Gasteiger partial charge on any atom is -0.457 e. The number of amides is 1. The predicted molar refractivity (Wildman–Crippen MR) is 76.5 cm³/mol. The Kier molecular flexibility index (Phi) is 5.90. The first-order valence-electron chi connectivity index (χ1n) is 6.46. The minimum absolute atomic E-state index is 0.117. The fourth-order valence-electron chi connectivity index (χ4n) is 1.70. The van der Waals surface area contributed by atoms with E-state index in [1.807, 2.05) is 13.8 Å². The van der Waals surface area contributed by atoms with Gasteiger partial charge in [0.1, 0.15) is 18.0 Å². The number of ether oxygens (including phenoxy) is 1. The molecule has 0 saturated carbocycles. The first-order chi connectivity index (χ1) is 9.45. The van der Waals surface area contributed by atoms with Gasteiger partial charge in [-0.05, 0) is 18.1 Å². The van der Waals surface area contributed by atoms with Crippen LogP contribution < -0.4 is 0 Å². The van der Waals surface area contributed by atoms with Crippen molar-refractivity contribution in [2.24, 2.45) is 5.92 Å². The lowest BCUT2D eigenvalue weighted by Gasteiger charge is -2.18. The van der Waals surface area contributed by atoms with Crippen LogP contribution in [0.3, 0.4) is 0 Å². The molecule has 0 N–H and O–H groups in total. The summed E-state index contributed by atoms with van der Waals surface area (Å²) in [4.78, 5) is 29.5. The Balaban J connectivity index is 2.84. The lowest BCUT2D eigenvalue weighted by atomic mass is 10.2. The predicted octanol–water partition coefficient (Wildman–Crippen LogP) is 2.15. The summed E-state index contributed by atoms with van der Waals surface area (Å²) in [5.41, 5.74) is 0.358. The van der Waals surface area contributed by atoms with E-state index < -0.39 is 5.97 Å². The molecule has 0 fully saturated rings. The van der Waals surface area contributed by atoms with Crippen molar-refractivity contribution in [2.45, 2.75) is 13.8 Å². The van der Waals surface area contributed by atoms with Gasteiger partial charge in [0.15, 0.2) is 0 Å². The highest BCUT2D eigenvalue weighted by atomic mass is 16.5. The molecule has 1 aromatic heterocycles. The maximum atomic E-state index is 12.2. The molecule has 1 amide bonds. The van der Waals surface area contributed by atoms with Crippen LogP contribution in [0.1, 0.15) is 34.8 Å². The van der Waals surface area contributed by atoms with Crippen molar-refractivity contribution in [1.29, 1.82) is 0 Å². The van der Waals surface area contributed by atoms with Crippen LogP contribution in [0.15, 0.2) is 30.9 Å². The Bertz CT molecular complexity index is 498. The number of aromatic nitrogens is 1. The second-order valence-electron chi connectivity index (χ2n) is 4.87. The first kappa shape index (κ1) is 15.9. The van der Waals surface area contributed by atoms with Gasteiger partial charge in [-0.15, -0.1) is 0 Å². The van der Waals surface area contributed by atoms with E-state index in [4.69, 9.17) is 4.74 Å². The fraction of sp³-hybridized carbons (Fsp3) is 0.400. The third-order valence-electron chi connectivity index (χ3n) is 2.50. The van der Waals surface area contributed by atoms with Crippen LogP contribution in [0.25, 0.3) is 0 Å². The summed E-state index contributed by atoms with van der Waals surface area (Å²) in [6, 6.07) is 4.72. The third kappa shape index (κ3) is 4.50. The molecular weight excluding hydrogens is 256 g/mol. The lowest BCUT2D eigenvalue weighted by Crippen LogP contribution is -2.31. The zero-order valence-corrected chi connectivity index (χ0v) is 12.1. The summed E-state index contributed by atoms with van der Waals surface area (Å²) in [6.45, 7) is 8.27. The number of hydrogen-bond acceptors (Lipinski definition) is 4. The van der Waals surface area contributed by atoms with Crippen molar-refractivity contribution in [3.8, 4) is 0 Å². The van der Waals surface area contributed by atoms with Crippen molar-refractivity contribution >= 4 is 11.9 Å². The second-order valence-corrected chi connectivity index (χ2v) is 4.87. The van der Waals surface area contributed by atoms with Crippen molar-refractivity contribution in [1.82, 2.24) is 9.88 Å². The van der Waals surface area contributed by atoms with Crippen LogP contribution in [0.5, 0.6) is 0 Å². The van der Waals surface area contributed by atoms with E-state index in [1.165, 1.54) is 12.1 Å². The zero-order chi connectivity index (χ0) is 15.1. The van der Waals surface area contributed by atoms with Crippen molar-refractivity contribution < 1.29 is 14.3 Å². The van der Waals surface area contributed by atoms with Crippen LogP contribution in [0.4, 0.5) is 0 Å². The molecule has 1 heterocycles. The standard InChI is InChI=1S/C15H20N2O3/c1-5-9-20-15(19)13-8-6-7-12(16-13)14(18)17(4)10-11(2)3/h5-8,11H,1,9-10H2,2-4H3. The number of pyridine rings is 1. The van der Waals surface area contributed by atoms with Crippen LogP contribution in [-0.4, -0.2) is 42.0 Å². The highest BCUT2D eigenvalue weighted by Crippen LogP contribution is 2.06. The Morgan fingerprint density at radius 1 is 1.40 bits per heavy atom. The SMILES string of the molecule is C=CCOC(=O)c1cccc(C(=O)N(C)CC(C)C)n1. The van der Waals surface area contributed by atoms with E-state index in [1.54, 1.807) is 24.1 Å². The summed E-state index contributed by atoms with van der Waals surface area (Å²) in [5, 5.41) is 0. The summed E-state index contributed by atoms with van der Waals surface area (Å²) in [6.07, 6.45) is 1.48. The number of nitrogens with zero attached hydrogens (tertiary/aromatic N) is 2. The maximum absolute atomic E-state index is 12.2. The van der Waals surface area contributed by atoms with Gasteiger partial charge in [-0.1, -0.05) is 32.6 Å². The van der Waals surface area contributed by atoms with Gasteiger partial charge in [0.25, 0.3) is 5.91 Å². The van der Waals surface area contributed by atoms with Gasteiger partial charge in [-0.2, -0.15) is 0 Å². The second kappa shape index (κ2) is 7.43. The van der Waals surface area contributed by atoms with Crippen molar-refractivity contribution in [3.63, 3.8) is 0 Å². The fourth-order valence-corrected chi connectivity index (χ4v) is 1.70. The highest BCUT2D eigenvalue weighted by Gasteiger charge is 2.16. The van der Waals surface area contributed by atoms with E-state index in [0.717, 1.165) is 0 Å². The van der Waals surface area contributed by atoms with E-state index in [-0.39, 0.29) is 23.9 Å². The molecule has 20 heavy (non-hydrogen) atoms. The van der Waals surface area contributed by atoms with Gasteiger partial charge in [-0.25, -0.2) is 9.78 Å². The molecule has 5 nitrogen and oxygen atoms in total. The van der Waals surface area contributed by atoms with Gasteiger partial charge in [-0.3, -0.25) is 4.79 Å². The molecule has 5 heteroatoms. The quantitative estimate of drug-likeness (QED) is 0.590. The summed E-state index contributed by atoms with van der Waals surface area (Å²) in [7, 11) is 1.72. The smallest absolute Gasteiger partial charge is 0.357 e. The molecule has 0 aromatic carbocycles. The molecule has 0 aliphatic rings. The Morgan fingerprint density at radius 2 is 2.05 bits per heavy atom. The molecule has 0 bridgehead atoms. The molecule has 0 saturated heterocycles. The largest absolute Gasteiger partial charge is 0.457 e. The number of esters is 1. The molecular formula is C15H20N2O3. The van der Waals surface area contributed by atoms with E-state index in [0.29, 0.717) is 12.5 Å². The zero-order valence-electron chi connectivity index (χ0n) is 12.1. The van der Waals surface area contributed by atoms with Crippen molar-refractivity contribution in [3.05, 3.63) is 42.2 Å². The molecule has 1 rings (SSSR count). The van der Waals surface area contributed by atoms with E-state index >= 15 is 0 Å². The highest BCUT2D eigenvalue weighted by molar-refractivity contribution is 5.94. The maximum Gasteiger partial charge on any atom is 0.357 e. The molecule has 1 aromatic rings. The van der Waals surface area contributed by atoms with Gasteiger partial charge in [0.2, 0.25) is 0 Å². The molecule has 0 spiro atoms. The van der Waals surface area contributed by atoms with Crippen LogP contribution in [-0.2, 0) is 4.74 Å². The number of rotatable bonds is 6. The van der Waals surface area contributed by atoms with Gasteiger partial charge >= 0.3 is 5.97 Å². The van der Waals surface area contributed by atoms with Crippen LogP contribution in [0, 0.1) is 5.92 Å². The summed E-state index contributed by atoms with van der Waals surface area (Å²) in [5.74, 6) is -0.409. The number of hydrogen-bond donors (Lipinski definition) is 0. The van der Waals surface area contributed by atoms with Gasteiger partial charge in [0.05, 0.1) is 0 Å². The molecule has 0 aliphatic carbocycles. The molecule has 0 radical (unpaired) electrons. The monoisotopic (exact) mass is 276 g/mol. The van der Waals surface area contributed by atoms with Crippen molar-refractivity contribution in [2.75, 3.05) is 20.2 Å².